The van der Waals surface area contributed by atoms with Gasteiger partial charge < -0.3 is 4.74 Å². The fraction of sp³-hybridized carbons (Fsp3) is 0.533. The van der Waals surface area contributed by atoms with E-state index in [-0.39, 0.29) is 11.9 Å². The molecule has 5 nitrogen and oxygen atoms in total. The molecule has 6 heteroatoms. The highest BCUT2D eigenvalue weighted by molar-refractivity contribution is 6.32. The molecule has 0 saturated heterocycles. The molecule has 0 radical (unpaired) electrons. The second-order valence-corrected chi connectivity index (χ2v) is 6.68. The zero-order valence-corrected chi connectivity index (χ0v) is 12.5. The Kier molecular flexibility index (Phi) is 2.76. The standard InChI is InChI=1S/C15H16ClN3O2/c1-21-14(20)10-6-15(7-10)4-9(5-15)13-18-8-11-12(16)17-2-3-19(11)13/h2-3,8-10H,4-7H2,1H3. The number of aromatic nitrogens is 3. The van der Waals surface area contributed by atoms with Gasteiger partial charge in [0.05, 0.1) is 19.2 Å². The number of fused-ring (bicyclic) bond motifs is 1. The Bertz CT molecular complexity index is 713. The van der Waals surface area contributed by atoms with Crippen LogP contribution in [0, 0.1) is 11.3 Å². The third kappa shape index (κ3) is 1.87. The van der Waals surface area contributed by atoms with Crippen LogP contribution in [0.15, 0.2) is 18.6 Å². The van der Waals surface area contributed by atoms with Crippen molar-refractivity contribution in [1.82, 2.24) is 14.4 Å². The van der Waals surface area contributed by atoms with Crippen LogP contribution in [-0.2, 0) is 9.53 Å². The molecule has 21 heavy (non-hydrogen) atoms. The fourth-order valence-electron chi connectivity index (χ4n) is 4.04. The second-order valence-electron chi connectivity index (χ2n) is 6.32. The van der Waals surface area contributed by atoms with Crippen LogP contribution in [-0.4, -0.2) is 27.4 Å². The van der Waals surface area contributed by atoms with Crippen molar-refractivity contribution < 1.29 is 9.53 Å². The lowest BCUT2D eigenvalue weighted by atomic mass is 9.48. The number of imidazole rings is 1. The van der Waals surface area contributed by atoms with Crippen molar-refractivity contribution in [2.45, 2.75) is 31.6 Å². The summed E-state index contributed by atoms with van der Waals surface area (Å²) in [5.41, 5.74) is 1.20. The summed E-state index contributed by atoms with van der Waals surface area (Å²) in [5.74, 6) is 1.55. The van der Waals surface area contributed by atoms with Crippen LogP contribution in [0.1, 0.15) is 37.4 Å². The maximum absolute atomic E-state index is 11.5. The van der Waals surface area contributed by atoms with Gasteiger partial charge in [-0.1, -0.05) is 11.6 Å². The zero-order chi connectivity index (χ0) is 14.6. The van der Waals surface area contributed by atoms with Crippen molar-refractivity contribution in [2.75, 3.05) is 7.11 Å². The number of esters is 1. The average Bonchev–Trinajstić information content (AvgIpc) is 2.81. The number of carbonyl (C=O) groups is 1. The lowest BCUT2D eigenvalue weighted by Crippen LogP contribution is -2.49. The summed E-state index contributed by atoms with van der Waals surface area (Å²) >= 11 is 6.08. The SMILES string of the molecule is COC(=O)C1CC2(C1)CC(c1ncc3c(Cl)nccn13)C2. The van der Waals surface area contributed by atoms with Crippen molar-refractivity contribution in [2.24, 2.45) is 11.3 Å². The molecule has 0 amide bonds. The Balaban J connectivity index is 1.49. The molecule has 1 spiro atoms. The molecule has 0 unspecified atom stereocenters. The van der Waals surface area contributed by atoms with Crippen molar-refractivity contribution in [3.8, 4) is 0 Å². The molecule has 2 aliphatic carbocycles. The van der Waals surface area contributed by atoms with Gasteiger partial charge in [-0.3, -0.25) is 9.20 Å². The van der Waals surface area contributed by atoms with Gasteiger partial charge in [0.1, 0.15) is 11.3 Å². The van der Waals surface area contributed by atoms with Gasteiger partial charge >= 0.3 is 5.97 Å². The van der Waals surface area contributed by atoms with Crippen LogP contribution in [0.3, 0.4) is 0 Å². The number of hydrogen-bond acceptors (Lipinski definition) is 4. The third-order valence-electron chi connectivity index (χ3n) is 5.06. The van der Waals surface area contributed by atoms with Crippen LogP contribution in [0.25, 0.3) is 5.52 Å². The molecule has 2 aliphatic rings. The first-order valence-corrected chi connectivity index (χ1v) is 7.55. The molecule has 0 N–H and O–H groups in total. The minimum absolute atomic E-state index is 0.0619. The van der Waals surface area contributed by atoms with Crippen molar-refractivity contribution in [3.63, 3.8) is 0 Å². The number of ether oxygens (including phenoxy) is 1. The minimum atomic E-state index is -0.0619. The van der Waals surface area contributed by atoms with E-state index in [1.807, 2.05) is 10.6 Å². The maximum Gasteiger partial charge on any atom is 0.308 e. The molecule has 2 saturated carbocycles. The molecule has 2 heterocycles. The first kappa shape index (κ1) is 13.1. The Morgan fingerprint density at radius 1 is 1.38 bits per heavy atom. The van der Waals surface area contributed by atoms with Gasteiger partial charge in [-0.25, -0.2) is 9.97 Å². The summed E-state index contributed by atoms with van der Waals surface area (Å²) in [5, 5.41) is 0.486. The molecule has 2 aromatic heterocycles. The van der Waals surface area contributed by atoms with E-state index in [0.717, 1.165) is 37.0 Å². The van der Waals surface area contributed by atoms with Gasteiger partial charge in [-0.15, -0.1) is 0 Å². The number of hydrogen-bond donors (Lipinski definition) is 0. The van der Waals surface area contributed by atoms with E-state index in [9.17, 15) is 4.79 Å². The normalized spacial score (nSPS) is 31.0. The fourth-order valence-corrected chi connectivity index (χ4v) is 4.23. The molecule has 0 bridgehead atoms. The summed E-state index contributed by atoms with van der Waals surface area (Å²) in [6.45, 7) is 0. The Labute approximate surface area is 127 Å². The summed E-state index contributed by atoms with van der Waals surface area (Å²) < 4.78 is 6.84. The lowest BCUT2D eigenvalue weighted by molar-refractivity contribution is -0.159. The van der Waals surface area contributed by atoms with Crippen LogP contribution >= 0.6 is 11.6 Å². The molecule has 4 rings (SSSR count). The molecule has 110 valence electrons. The zero-order valence-electron chi connectivity index (χ0n) is 11.8. The van der Waals surface area contributed by atoms with Gasteiger partial charge in [0.2, 0.25) is 0 Å². The van der Waals surface area contributed by atoms with Crippen LogP contribution in [0.5, 0.6) is 0 Å². The van der Waals surface area contributed by atoms with Crippen LogP contribution in [0.4, 0.5) is 0 Å². The molecular formula is C15H16ClN3O2. The topological polar surface area (TPSA) is 56.5 Å². The van der Waals surface area contributed by atoms with Gasteiger partial charge in [0.15, 0.2) is 5.15 Å². The van der Waals surface area contributed by atoms with Crippen LogP contribution < -0.4 is 0 Å². The highest BCUT2D eigenvalue weighted by atomic mass is 35.5. The number of halogens is 1. The van der Waals surface area contributed by atoms with Gasteiger partial charge in [0, 0.05) is 18.3 Å². The third-order valence-corrected chi connectivity index (χ3v) is 5.35. The van der Waals surface area contributed by atoms with Gasteiger partial charge in [0.25, 0.3) is 0 Å². The molecule has 0 aliphatic heterocycles. The Morgan fingerprint density at radius 2 is 2.14 bits per heavy atom. The molecule has 2 aromatic rings. The van der Waals surface area contributed by atoms with E-state index in [4.69, 9.17) is 16.3 Å². The molecule has 2 fully saturated rings. The molecular weight excluding hydrogens is 290 g/mol. The number of methoxy groups -OCH3 is 1. The minimum Gasteiger partial charge on any atom is -0.469 e. The smallest absolute Gasteiger partial charge is 0.308 e. The van der Waals surface area contributed by atoms with E-state index in [2.05, 4.69) is 9.97 Å². The molecule has 0 atom stereocenters. The predicted octanol–water partition coefficient (Wildman–Crippen LogP) is 2.83. The highest BCUT2D eigenvalue weighted by Crippen LogP contribution is 2.63. The Morgan fingerprint density at radius 3 is 2.86 bits per heavy atom. The average molecular weight is 306 g/mol. The van der Waals surface area contributed by atoms with E-state index in [1.54, 1.807) is 12.4 Å². The number of rotatable bonds is 2. The monoisotopic (exact) mass is 305 g/mol. The molecule has 0 aromatic carbocycles. The summed E-state index contributed by atoms with van der Waals surface area (Å²) in [7, 11) is 1.46. The van der Waals surface area contributed by atoms with Gasteiger partial charge in [-0.2, -0.15) is 0 Å². The lowest BCUT2D eigenvalue weighted by Gasteiger charge is -2.56. The van der Waals surface area contributed by atoms with E-state index < -0.39 is 0 Å². The van der Waals surface area contributed by atoms with Gasteiger partial charge in [-0.05, 0) is 31.1 Å². The summed E-state index contributed by atoms with van der Waals surface area (Å²) in [6.07, 6.45) is 9.51. The van der Waals surface area contributed by atoms with Crippen molar-refractivity contribution >= 4 is 23.1 Å². The quantitative estimate of drug-likeness (QED) is 0.801. The summed E-state index contributed by atoms with van der Waals surface area (Å²) in [6, 6.07) is 0. The van der Waals surface area contributed by atoms with Crippen LogP contribution in [0.2, 0.25) is 5.15 Å². The van der Waals surface area contributed by atoms with E-state index >= 15 is 0 Å². The highest BCUT2D eigenvalue weighted by Gasteiger charge is 2.56. The van der Waals surface area contributed by atoms with E-state index in [1.165, 1.54) is 7.11 Å². The first-order chi connectivity index (χ1) is 10.1. The number of nitrogens with zero attached hydrogens (tertiary/aromatic N) is 3. The summed E-state index contributed by atoms with van der Waals surface area (Å²) in [4.78, 5) is 20.1. The maximum atomic E-state index is 11.5. The Hall–Kier alpha value is -1.62. The second kappa shape index (κ2) is 4.44. The largest absolute Gasteiger partial charge is 0.469 e. The number of carbonyl (C=O) groups excluding carboxylic acids is 1. The first-order valence-electron chi connectivity index (χ1n) is 7.17. The van der Waals surface area contributed by atoms with E-state index in [0.29, 0.717) is 16.5 Å². The van der Waals surface area contributed by atoms with Crippen molar-refractivity contribution in [3.05, 3.63) is 29.6 Å². The van der Waals surface area contributed by atoms with Crippen molar-refractivity contribution in [1.29, 1.82) is 0 Å². The predicted molar refractivity (Wildman–Crippen MR) is 77.1 cm³/mol.